The number of carbonyl (C=O) groups is 2. The van der Waals surface area contributed by atoms with Crippen molar-refractivity contribution >= 4 is 27.5 Å². The van der Waals surface area contributed by atoms with Crippen LogP contribution in [-0.4, -0.2) is 50.0 Å². The Morgan fingerprint density at radius 1 is 1.03 bits per heavy atom. The Morgan fingerprint density at radius 2 is 1.69 bits per heavy atom. The molecule has 1 N–H and O–H groups in total. The second kappa shape index (κ2) is 12.6. The average Bonchev–Trinajstić information content (AvgIpc) is 2.81. The fraction of sp³-hybridized carbons (Fsp3) is 0.440. The van der Waals surface area contributed by atoms with Gasteiger partial charge in [0.1, 0.15) is 6.04 Å². The molecule has 0 aliphatic heterocycles. The molecule has 0 bridgehead atoms. The number of anilines is 1. The van der Waals surface area contributed by atoms with E-state index in [-0.39, 0.29) is 49.5 Å². The summed E-state index contributed by atoms with van der Waals surface area (Å²) >= 11 is 0. The first-order valence-corrected chi connectivity index (χ1v) is 13.3. The fourth-order valence-electron chi connectivity index (χ4n) is 3.47. The van der Waals surface area contributed by atoms with Crippen LogP contribution in [0.15, 0.2) is 48.5 Å². The zero-order chi connectivity index (χ0) is 26.2. The molecule has 2 aromatic carbocycles. The van der Waals surface area contributed by atoms with Crippen molar-refractivity contribution in [3.63, 3.8) is 0 Å². The van der Waals surface area contributed by atoms with E-state index in [1.54, 1.807) is 6.92 Å². The van der Waals surface area contributed by atoms with E-state index in [0.717, 1.165) is 34.7 Å². The Labute approximate surface area is 206 Å². The van der Waals surface area contributed by atoms with Crippen LogP contribution in [0.2, 0.25) is 0 Å². The zero-order valence-corrected chi connectivity index (χ0v) is 21.3. The number of rotatable bonds is 12. The van der Waals surface area contributed by atoms with E-state index in [9.17, 15) is 26.8 Å². The first-order valence-electron chi connectivity index (χ1n) is 11.5. The molecule has 0 saturated heterocycles. The van der Waals surface area contributed by atoms with E-state index in [0.29, 0.717) is 0 Å². The number of amides is 2. The maximum Gasteiger partial charge on any atom is 0.242 e. The molecular weight excluding hydrogens is 476 g/mol. The molecule has 2 unspecified atom stereocenters. The molecule has 2 rings (SSSR count). The third-order valence-electron chi connectivity index (χ3n) is 5.71. The zero-order valence-electron chi connectivity index (χ0n) is 20.5. The quantitative estimate of drug-likeness (QED) is 0.471. The van der Waals surface area contributed by atoms with Gasteiger partial charge in [-0.05, 0) is 44.4 Å². The molecule has 35 heavy (non-hydrogen) atoms. The highest BCUT2D eigenvalue weighted by molar-refractivity contribution is 7.92. The van der Waals surface area contributed by atoms with Crippen molar-refractivity contribution < 1.29 is 26.8 Å². The van der Waals surface area contributed by atoms with E-state index >= 15 is 0 Å². The largest absolute Gasteiger partial charge is 0.352 e. The molecule has 2 amide bonds. The van der Waals surface area contributed by atoms with Crippen molar-refractivity contribution in [3.05, 3.63) is 65.7 Å². The summed E-state index contributed by atoms with van der Waals surface area (Å²) < 4.78 is 52.4. The molecule has 0 fully saturated rings. The summed E-state index contributed by atoms with van der Waals surface area (Å²) in [6, 6.07) is 11.3. The van der Waals surface area contributed by atoms with Gasteiger partial charge >= 0.3 is 0 Å². The third kappa shape index (κ3) is 8.31. The predicted molar refractivity (Wildman–Crippen MR) is 132 cm³/mol. The molecule has 0 aliphatic carbocycles. The molecule has 10 heteroatoms. The number of sulfonamides is 1. The van der Waals surface area contributed by atoms with Crippen LogP contribution < -0.4 is 9.62 Å². The van der Waals surface area contributed by atoms with Gasteiger partial charge in [0.2, 0.25) is 21.8 Å². The molecule has 192 valence electrons. The van der Waals surface area contributed by atoms with Gasteiger partial charge in [-0.1, -0.05) is 37.3 Å². The van der Waals surface area contributed by atoms with Gasteiger partial charge in [-0.25, -0.2) is 17.2 Å². The summed E-state index contributed by atoms with van der Waals surface area (Å²) in [6.45, 7) is 5.59. The van der Waals surface area contributed by atoms with Gasteiger partial charge in [-0.15, -0.1) is 0 Å². The van der Waals surface area contributed by atoms with E-state index in [2.05, 4.69) is 5.32 Å². The lowest BCUT2D eigenvalue weighted by Gasteiger charge is -2.30. The van der Waals surface area contributed by atoms with Crippen LogP contribution in [0.5, 0.6) is 0 Å². The molecular formula is C25H33F2N3O4S. The topological polar surface area (TPSA) is 86.8 Å². The number of benzene rings is 2. The van der Waals surface area contributed by atoms with Gasteiger partial charge in [-0.2, -0.15) is 0 Å². The second-order valence-electron chi connectivity index (χ2n) is 8.54. The first kappa shape index (κ1) is 28.2. The summed E-state index contributed by atoms with van der Waals surface area (Å²) in [5.41, 5.74) is 0.824. The van der Waals surface area contributed by atoms with Crippen LogP contribution in [0.1, 0.15) is 45.6 Å². The van der Waals surface area contributed by atoms with Crippen LogP contribution in [0.3, 0.4) is 0 Å². The normalized spacial score (nSPS) is 13.1. The van der Waals surface area contributed by atoms with Crippen molar-refractivity contribution in [3.8, 4) is 0 Å². The fourth-order valence-corrected chi connectivity index (χ4v) is 4.43. The lowest BCUT2D eigenvalue weighted by atomic mass is 10.1. The Bertz CT molecular complexity index is 1110. The number of nitrogens with one attached hydrogen (secondary N) is 1. The predicted octanol–water partition coefficient (Wildman–Crippen LogP) is 3.84. The Balaban J connectivity index is 2.16. The number of hydrogen-bond acceptors (Lipinski definition) is 4. The molecule has 0 heterocycles. The number of halogens is 2. The SMILES string of the molecule is CCC(C)NC(=O)C(C)N(Cc1ccccc1)C(=O)CCCN(c1ccc(F)c(F)c1)S(C)(=O)=O. The molecule has 7 nitrogen and oxygen atoms in total. The van der Waals surface area contributed by atoms with Crippen LogP contribution in [0, 0.1) is 11.6 Å². The summed E-state index contributed by atoms with van der Waals surface area (Å²) in [5.74, 6) is -2.84. The Kier molecular flexibility index (Phi) is 10.2. The van der Waals surface area contributed by atoms with Gasteiger partial charge in [0.05, 0.1) is 11.9 Å². The smallest absolute Gasteiger partial charge is 0.242 e. The highest BCUT2D eigenvalue weighted by Crippen LogP contribution is 2.21. The van der Waals surface area contributed by atoms with Gasteiger partial charge in [0.15, 0.2) is 11.6 Å². The van der Waals surface area contributed by atoms with Gasteiger partial charge in [-0.3, -0.25) is 13.9 Å². The average molecular weight is 510 g/mol. The lowest BCUT2D eigenvalue weighted by Crippen LogP contribution is -2.49. The number of carbonyl (C=O) groups excluding carboxylic acids is 2. The number of hydrogen-bond donors (Lipinski definition) is 1. The minimum absolute atomic E-state index is 0.0266. The summed E-state index contributed by atoms with van der Waals surface area (Å²) in [6.07, 6.45) is 1.79. The van der Waals surface area contributed by atoms with Crippen LogP contribution in [-0.2, 0) is 26.2 Å². The van der Waals surface area contributed by atoms with Crippen molar-refractivity contribution in [1.82, 2.24) is 10.2 Å². The Hall–Kier alpha value is -3.01. The van der Waals surface area contributed by atoms with E-state index in [1.165, 1.54) is 11.0 Å². The summed E-state index contributed by atoms with van der Waals surface area (Å²) in [7, 11) is -3.81. The maximum absolute atomic E-state index is 13.7. The van der Waals surface area contributed by atoms with E-state index in [4.69, 9.17) is 0 Å². The molecule has 0 aliphatic rings. The van der Waals surface area contributed by atoms with Crippen molar-refractivity contribution in [2.75, 3.05) is 17.1 Å². The van der Waals surface area contributed by atoms with E-state index < -0.39 is 27.7 Å². The van der Waals surface area contributed by atoms with Crippen molar-refractivity contribution in [1.29, 1.82) is 0 Å². The standard InChI is InChI=1S/C25H33F2N3O4S/c1-5-18(2)28-25(32)19(3)29(17-20-10-7-6-8-11-20)24(31)12-9-15-30(35(4,33)34)21-13-14-22(26)23(27)16-21/h6-8,10-11,13-14,16,18-19H,5,9,12,15,17H2,1-4H3,(H,28,32). The minimum atomic E-state index is -3.81. The summed E-state index contributed by atoms with van der Waals surface area (Å²) in [4.78, 5) is 27.4. The van der Waals surface area contributed by atoms with Crippen LogP contribution in [0.4, 0.5) is 14.5 Å². The van der Waals surface area contributed by atoms with Crippen LogP contribution in [0.25, 0.3) is 0 Å². The maximum atomic E-state index is 13.7. The second-order valence-corrected chi connectivity index (χ2v) is 10.4. The van der Waals surface area contributed by atoms with E-state index in [1.807, 2.05) is 44.2 Å². The highest BCUT2D eigenvalue weighted by Gasteiger charge is 2.27. The monoisotopic (exact) mass is 509 g/mol. The molecule has 2 aromatic rings. The molecule has 0 saturated carbocycles. The van der Waals surface area contributed by atoms with Crippen molar-refractivity contribution in [2.45, 2.75) is 58.7 Å². The first-order chi connectivity index (χ1) is 16.4. The van der Waals surface area contributed by atoms with Gasteiger partial charge in [0.25, 0.3) is 0 Å². The van der Waals surface area contributed by atoms with Crippen LogP contribution >= 0.6 is 0 Å². The summed E-state index contributed by atoms with van der Waals surface area (Å²) in [5, 5.41) is 2.89. The van der Waals surface area contributed by atoms with Crippen molar-refractivity contribution in [2.24, 2.45) is 0 Å². The third-order valence-corrected chi connectivity index (χ3v) is 6.90. The van der Waals surface area contributed by atoms with Gasteiger partial charge in [0, 0.05) is 31.6 Å². The lowest BCUT2D eigenvalue weighted by molar-refractivity contribution is -0.140. The highest BCUT2D eigenvalue weighted by atomic mass is 32.2. The minimum Gasteiger partial charge on any atom is -0.352 e. The molecule has 2 atom stereocenters. The number of nitrogens with zero attached hydrogens (tertiary/aromatic N) is 2. The molecule has 0 spiro atoms. The van der Waals surface area contributed by atoms with Gasteiger partial charge < -0.3 is 10.2 Å². The Morgan fingerprint density at radius 3 is 2.26 bits per heavy atom. The molecule has 0 radical (unpaired) electrons. The molecule has 0 aromatic heterocycles.